The van der Waals surface area contributed by atoms with Crippen LogP contribution in [0.25, 0.3) is 0 Å². The molecule has 1 fully saturated rings. The number of carboxylic acids is 1. The van der Waals surface area contributed by atoms with Crippen LogP contribution < -0.4 is 5.32 Å². The second-order valence-electron chi connectivity index (χ2n) is 7.64. The average molecular weight is 362 g/mol. The molecule has 1 aromatic rings. The molecule has 1 aliphatic rings. The first-order chi connectivity index (χ1) is 12.2. The van der Waals surface area contributed by atoms with E-state index in [0.29, 0.717) is 12.0 Å². The summed E-state index contributed by atoms with van der Waals surface area (Å²) in [5.41, 5.74) is 1.60. The Kier molecular flexibility index (Phi) is 7.17. The Morgan fingerprint density at radius 3 is 2.27 bits per heavy atom. The zero-order chi connectivity index (χ0) is 19.3. The van der Waals surface area contributed by atoms with Crippen molar-refractivity contribution in [1.82, 2.24) is 10.2 Å². The lowest BCUT2D eigenvalue weighted by Crippen LogP contribution is -2.44. The van der Waals surface area contributed by atoms with Gasteiger partial charge in [0, 0.05) is 25.2 Å². The minimum Gasteiger partial charge on any atom is -0.480 e. The molecule has 1 aliphatic heterocycles. The maximum absolute atomic E-state index is 12.3. The number of carbonyl (C=O) groups is 2. The van der Waals surface area contributed by atoms with Crippen LogP contribution in [0.1, 0.15) is 50.0 Å². The topological polar surface area (TPSA) is 78.9 Å². The number of carboxylic acid groups (broad SMARTS) is 1. The minimum atomic E-state index is -1.00. The molecule has 0 spiro atoms. The molecule has 6 nitrogen and oxygen atoms in total. The Balaban J connectivity index is 1.95. The SMILES string of the molecule is CC(C)C[C@H](NC(=O)c1ccc(CN2CC(C)OC(C)C2)cc1)C(=O)O. The quantitative estimate of drug-likeness (QED) is 0.779. The molecule has 1 saturated heterocycles. The Hall–Kier alpha value is -1.92. The number of rotatable bonds is 7. The van der Waals surface area contributed by atoms with E-state index in [9.17, 15) is 14.7 Å². The molecule has 1 aromatic carbocycles. The maximum atomic E-state index is 12.3. The third-order valence-electron chi connectivity index (χ3n) is 4.43. The van der Waals surface area contributed by atoms with Gasteiger partial charge in [-0.3, -0.25) is 9.69 Å². The van der Waals surface area contributed by atoms with Gasteiger partial charge in [-0.05, 0) is 43.9 Å². The van der Waals surface area contributed by atoms with E-state index in [1.807, 2.05) is 26.0 Å². The minimum absolute atomic E-state index is 0.192. The molecule has 1 amide bonds. The van der Waals surface area contributed by atoms with Crippen LogP contribution in [0.3, 0.4) is 0 Å². The van der Waals surface area contributed by atoms with Gasteiger partial charge in [0.05, 0.1) is 12.2 Å². The molecule has 2 unspecified atom stereocenters. The van der Waals surface area contributed by atoms with Crippen LogP contribution >= 0.6 is 0 Å². The first-order valence-electron chi connectivity index (χ1n) is 9.25. The van der Waals surface area contributed by atoms with Gasteiger partial charge in [0.15, 0.2) is 0 Å². The number of nitrogens with zero attached hydrogens (tertiary/aromatic N) is 1. The fraction of sp³-hybridized carbons (Fsp3) is 0.600. The summed E-state index contributed by atoms with van der Waals surface area (Å²) in [5, 5.41) is 11.9. The maximum Gasteiger partial charge on any atom is 0.326 e. The molecule has 0 radical (unpaired) electrons. The van der Waals surface area contributed by atoms with Gasteiger partial charge in [0.2, 0.25) is 0 Å². The summed E-state index contributed by atoms with van der Waals surface area (Å²) in [5.74, 6) is -1.16. The third-order valence-corrected chi connectivity index (χ3v) is 4.43. The molecule has 6 heteroatoms. The Morgan fingerprint density at radius 1 is 1.19 bits per heavy atom. The van der Waals surface area contributed by atoms with Crippen LogP contribution in [0.2, 0.25) is 0 Å². The number of ether oxygens (including phenoxy) is 1. The highest BCUT2D eigenvalue weighted by molar-refractivity contribution is 5.96. The first-order valence-corrected chi connectivity index (χ1v) is 9.25. The molecule has 0 aliphatic carbocycles. The summed E-state index contributed by atoms with van der Waals surface area (Å²) in [4.78, 5) is 26.0. The lowest BCUT2D eigenvalue weighted by molar-refractivity contribution is -0.139. The van der Waals surface area contributed by atoms with Crippen molar-refractivity contribution in [3.63, 3.8) is 0 Å². The van der Waals surface area contributed by atoms with Gasteiger partial charge < -0.3 is 15.2 Å². The highest BCUT2D eigenvalue weighted by Crippen LogP contribution is 2.15. The van der Waals surface area contributed by atoms with Gasteiger partial charge in [0.25, 0.3) is 5.91 Å². The van der Waals surface area contributed by atoms with E-state index >= 15 is 0 Å². The molecular weight excluding hydrogens is 332 g/mol. The van der Waals surface area contributed by atoms with Crippen LogP contribution in [0.15, 0.2) is 24.3 Å². The molecule has 0 bridgehead atoms. The predicted octanol–water partition coefficient (Wildman–Crippen LogP) is 2.52. The lowest BCUT2D eigenvalue weighted by atomic mass is 10.0. The second-order valence-corrected chi connectivity index (χ2v) is 7.64. The highest BCUT2D eigenvalue weighted by atomic mass is 16.5. The van der Waals surface area contributed by atoms with E-state index in [1.54, 1.807) is 12.1 Å². The molecule has 0 saturated carbocycles. The normalized spacial score (nSPS) is 22.2. The van der Waals surface area contributed by atoms with Crippen LogP contribution in [0.4, 0.5) is 0 Å². The fourth-order valence-electron chi connectivity index (χ4n) is 3.37. The average Bonchev–Trinajstić information content (AvgIpc) is 2.53. The van der Waals surface area contributed by atoms with Crippen molar-refractivity contribution in [3.05, 3.63) is 35.4 Å². The second kappa shape index (κ2) is 9.14. The summed E-state index contributed by atoms with van der Waals surface area (Å²) in [6, 6.07) is 6.51. The lowest BCUT2D eigenvalue weighted by Gasteiger charge is -2.35. The van der Waals surface area contributed by atoms with E-state index in [1.165, 1.54) is 0 Å². The standard InChI is InChI=1S/C20H30N2O4/c1-13(2)9-18(20(24)25)21-19(23)17-7-5-16(6-8-17)12-22-10-14(3)26-15(4)11-22/h5-8,13-15,18H,9-12H2,1-4H3,(H,21,23)(H,24,25)/t14?,15?,18-/m0/s1. The molecule has 2 rings (SSSR count). The molecular formula is C20H30N2O4. The number of nitrogens with one attached hydrogen (secondary N) is 1. The van der Waals surface area contributed by atoms with Crippen molar-refractivity contribution in [3.8, 4) is 0 Å². The van der Waals surface area contributed by atoms with Crippen molar-refractivity contribution in [1.29, 1.82) is 0 Å². The third kappa shape index (κ3) is 6.11. The number of hydrogen-bond donors (Lipinski definition) is 2. The smallest absolute Gasteiger partial charge is 0.326 e. The Morgan fingerprint density at radius 2 is 1.77 bits per heavy atom. The van der Waals surface area contributed by atoms with Gasteiger partial charge in [-0.2, -0.15) is 0 Å². The number of amides is 1. The predicted molar refractivity (Wildman–Crippen MR) is 100 cm³/mol. The summed E-state index contributed by atoms with van der Waals surface area (Å²) >= 11 is 0. The van der Waals surface area contributed by atoms with Crippen LogP contribution in [0, 0.1) is 5.92 Å². The van der Waals surface area contributed by atoms with Crippen LogP contribution in [-0.4, -0.2) is 53.2 Å². The Bertz CT molecular complexity index is 605. The van der Waals surface area contributed by atoms with Gasteiger partial charge >= 0.3 is 5.97 Å². The van der Waals surface area contributed by atoms with E-state index < -0.39 is 12.0 Å². The summed E-state index contributed by atoms with van der Waals surface area (Å²) < 4.78 is 5.75. The number of carbonyl (C=O) groups excluding carboxylic acids is 1. The van der Waals surface area contributed by atoms with Gasteiger partial charge in [-0.1, -0.05) is 26.0 Å². The number of benzene rings is 1. The largest absolute Gasteiger partial charge is 0.480 e. The van der Waals surface area contributed by atoms with E-state index in [-0.39, 0.29) is 24.0 Å². The molecule has 2 N–H and O–H groups in total. The first kappa shape index (κ1) is 20.4. The van der Waals surface area contributed by atoms with Crippen LogP contribution in [0.5, 0.6) is 0 Å². The van der Waals surface area contributed by atoms with Crippen molar-refractivity contribution >= 4 is 11.9 Å². The number of aliphatic carboxylic acids is 1. The number of hydrogen-bond acceptors (Lipinski definition) is 4. The van der Waals surface area contributed by atoms with Crippen molar-refractivity contribution in [2.75, 3.05) is 13.1 Å². The highest BCUT2D eigenvalue weighted by Gasteiger charge is 2.23. The molecule has 0 aromatic heterocycles. The zero-order valence-corrected chi connectivity index (χ0v) is 16.1. The molecule has 144 valence electrons. The molecule has 3 atom stereocenters. The van der Waals surface area contributed by atoms with Gasteiger partial charge in [-0.25, -0.2) is 4.79 Å². The van der Waals surface area contributed by atoms with Crippen molar-refractivity contribution in [2.24, 2.45) is 5.92 Å². The van der Waals surface area contributed by atoms with Crippen LogP contribution in [-0.2, 0) is 16.1 Å². The van der Waals surface area contributed by atoms with E-state index in [2.05, 4.69) is 24.1 Å². The summed E-state index contributed by atoms with van der Waals surface area (Å²) in [6.45, 7) is 10.6. The van der Waals surface area contributed by atoms with E-state index in [4.69, 9.17) is 4.74 Å². The molecule has 26 heavy (non-hydrogen) atoms. The Labute approximate surface area is 155 Å². The zero-order valence-electron chi connectivity index (χ0n) is 16.1. The van der Waals surface area contributed by atoms with Gasteiger partial charge in [0.1, 0.15) is 6.04 Å². The fourth-order valence-corrected chi connectivity index (χ4v) is 3.37. The van der Waals surface area contributed by atoms with Crippen molar-refractivity contribution in [2.45, 2.75) is 58.9 Å². The molecule has 1 heterocycles. The van der Waals surface area contributed by atoms with Crippen molar-refractivity contribution < 1.29 is 19.4 Å². The van der Waals surface area contributed by atoms with Gasteiger partial charge in [-0.15, -0.1) is 0 Å². The monoisotopic (exact) mass is 362 g/mol. The number of morpholine rings is 1. The summed E-state index contributed by atoms with van der Waals surface area (Å²) in [6.07, 6.45) is 0.849. The summed E-state index contributed by atoms with van der Waals surface area (Å²) in [7, 11) is 0. The van der Waals surface area contributed by atoms with E-state index in [0.717, 1.165) is 25.2 Å².